The first-order valence-corrected chi connectivity index (χ1v) is 7.77. The quantitative estimate of drug-likeness (QED) is 0.418. The van der Waals surface area contributed by atoms with Gasteiger partial charge >= 0.3 is 11.6 Å². The van der Waals surface area contributed by atoms with E-state index >= 15 is 0 Å². The number of carbonyl (C=O) groups excluding carboxylic acids is 2. The molecule has 132 valence electrons. The molecule has 0 aliphatic rings. The van der Waals surface area contributed by atoms with Crippen LogP contribution in [0.25, 0.3) is 11.0 Å². The van der Waals surface area contributed by atoms with E-state index in [1.165, 1.54) is 24.3 Å². The zero-order chi connectivity index (χ0) is 18.7. The van der Waals surface area contributed by atoms with Crippen molar-refractivity contribution < 1.29 is 23.5 Å². The minimum Gasteiger partial charge on any atom is -0.482 e. The maximum Gasteiger partial charge on any atom is 0.349 e. The number of hydrogen-bond acceptors (Lipinski definition) is 6. The Kier molecular flexibility index (Phi) is 4.90. The van der Waals surface area contributed by atoms with Crippen LogP contribution in [0, 0.1) is 0 Å². The average Bonchev–Trinajstić information content (AvgIpc) is 2.59. The summed E-state index contributed by atoms with van der Waals surface area (Å²) in [5.74, 6) is -0.945. The zero-order valence-electron chi connectivity index (χ0n) is 13.2. The fourth-order valence-electron chi connectivity index (χ4n) is 2.19. The summed E-state index contributed by atoms with van der Waals surface area (Å²) in [6.45, 7) is -0.330. The first-order valence-electron chi connectivity index (χ1n) is 7.39. The second-order valence-electron chi connectivity index (χ2n) is 5.23. The normalized spacial score (nSPS) is 10.5. The van der Waals surface area contributed by atoms with Crippen molar-refractivity contribution in [1.29, 1.82) is 0 Å². The highest BCUT2D eigenvalue weighted by molar-refractivity contribution is 6.30. The van der Waals surface area contributed by atoms with Gasteiger partial charge in [-0.1, -0.05) is 17.7 Å². The van der Waals surface area contributed by atoms with Crippen molar-refractivity contribution in [2.24, 2.45) is 5.73 Å². The smallest absolute Gasteiger partial charge is 0.349 e. The van der Waals surface area contributed by atoms with E-state index in [1.807, 2.05) is 0 Å². The number of hydrogen-bond donors (Lipinski definition) is 1. The number of fused-ring (bicyclic) bond motifs is 1. The van der Waals surface area contributed by atoms with E-state index in [0.29, 0.717) is 16.2 Å². The number of amides is 1. The monoisotopic (exact) mass is 373 g/mol. The van der Waals surface area contributed by atoms with Crippen LogP contribution in [0.1, 0.15) is 10.4 Å². The third-order valence-electron chi connectivity index (χ3n) is 3.36. The number of halogens is 1. The van der Waals surface area contributed by atoms with E-state index in [1.54, 1.807) is 24.3 Å². The van der Waals surface area contributed by atoms with Crippen LogP contribution in [0.4, 0.5) is 0 Å². The Balaban J connectivity index is 1.72. The predicted octanol–water partition coefficient (Wildman–Crippen LogP) is 2.53. The maximum atomic E-state index is 11.9. The molecule has 0 saturated carbocycles. The van der Waals surface area contributed by atoms with Crippen molar-refractivity contribution in [1.82, 2.24) is 0 Å². The van der Waals surface area contributed by atoms with Gasteiger partial charge in [-0.25, -0.2) is 9.59 Å². The SMILES string of the molecule is NC(=O)c1cc2ccc(OC(=O)COc3cccc(Cl)c3)cc2oc1=O. The van der Waals surface area contributed by atoms with Crippen LogP contribution in [0.15, 0.2) is 57.7 Å². The molecule has 2 N–H and O–H groups in total. The van der Waals surface area contributed by atoms with E-state index in [4.69, 9.17) is 31.2 Å². The van der Waals surface area contributed by atoms with Crippen LogP contribution in [0.2, 0.25) is 5.02 Å². The molecule has 0 saturated heterocycles. The summed E-state index contributed by atoms with van der Waals surface area (Å²) in [6.07, 6.45) is 0. The topological polar surface area (TPSA) is 109 Å². The fraction of sp³-hybridized carbons (Fsp3) is 0.0556. The Morgan fingerprint density at radius 1 is 1.08 bits per heavy atom. The molecule has 1 amide bonds. The molecule has 3 rings (SSSR count). The van der Waals surface area contributed by atoms with Gasteiger partial charge in [0, 0.05) is 16.5 Å². The second-order valence-corrected chi connectivity index (χ2v) is 5.67. The van der Waals surface area contributed by atoms with E-state index in [-0.39, 0.29) is 23.5 Å². The van der Waals surface area contributed by atoms with Gasteiger partial charge in [0.2, 0.25) is 0 Å². The Hall–Kier alpha value is -3.32. The molecule has 0 fully saturated rings. The second kappa shape index (κ2) is 7.28. The summed E-state index contributed by atoms with van der Waals surface area (Å²) < 4.78 is 15.5. The molecule has 0 bridgehead atoms. The summed E-state index contributed by atoms with van der Waals surface area (Å²) >= 11 is 5.83. The maximum absolute atomic E-state index is 11.9. The standard InChI is InChI=1S/C18H12ClNO6/c19-11-2-1-3-12(7-11)24-9-16(21)25-13-5-4-10-6-14(17(20)22)18(23)26-15(10)8-13/h1-8H,9H2,(H2,20,22). The van der Waals surface area contributed by atoms with Crippen molar-refractivity contribution in [3.8, 4) is 11.5 Å². The average molecular weight is 374 g/mol. The molecule has 2 aromatic carbocycles. The molecule has 8 heteroatoms. The molecule has 0 unspecified atom stereocenters. The van der Waals surface area contributed by atoms with Gasteiger partial charge in [0.1, 0.15) is 22.6 Å². The van der Waals surface area contributed by atoms with Gasteiger partial charge in [0.05, 0.1) is 0 Å². The molecule has 0 aliphatic carbocycles. The predicted molar refractivity (Wildman–Crippen MR) is 93.6 cm³/mol. The molecule has 0 spiro atoms. The largest absolute Gasteiger partial charge is 0.482 e. The highest BCUT2D eigenvalue weighted by Gasteiger charge is 2.12. The van der Waals surface area contributed by atoms with Crippen LogP contribution in [0.5, 0.6) is 11.5 Å². The van der Waals surface area contributed by atoms with Gasteiger partial charge in [-0.2, -0.15) is 0 Å². The van der Waals surface area contributed by atoms with Crippen LogP contribution < -0.4 is 20.8 Å². The summed E-state index contributed by atoms with van der Waals surface area (Å²) in [7, 11) is 0. The van der Waals surface area contributed by atoms with Crippen LogP contribution in [-0.4, -0.2) is 18.5 Å². The number of esters is 1. The summed E-state index contributed by atoms with van der Waals surface area (Å²) in [4.78, 5) is 34.7. The van der Waals surface area contributed by atoms with Crippen molar-refractivity contribution in [2.75, 3.05) is 6.61 Å². The Morgan fingerprint density at radius 3 is 2.62 bits per heavy atom. The van der Waals surface area contributed by atoms with E-state index in [2.05, 4.69) is 0 Å². The van der Waals surface area contributed by atoms with Crippen molar-refractivity contribution in [2.45, 2.75) is 0 Å². The first-order chi connectivity index (χ1) is 12.4. The fourth-order valence-corrected chi connectivity index (χ4v) is 2.37. The van der Waals surface area contributed by atoms with Gasteiger partial charge in [-0.05, 0) is 36.4 Å². The number of nitrogens with two attached hydrogens (primary N) is 1. The molecule has 1 heterocycles. The Labute approximate surface area is 151 Å². The molecule has 1 aromatic heterocycles. The lowest BCUT2D eigenvalue weighted by molar-refractivity contribution is -0.136. The lowest BCUT2D eigenvalue weighted by Crippen LogP contribution is -2.20. The van der Waals surface area contributed by atoms with E-state index in [0.717, 1.165) is 0 Å². The van der Waals surface area contributed by atoms with Crippen molar-refractivity contribution >= 4 is 34.4 Å². The number of primary amides is 1. The molecular weight excluding hydrogens is 362 g/mol. The first kappa shape index (κ1) is 17.5. The molecular formula is C18H12ClNO6. The third-order valence-corrected chi connectivity index (χ3v) is 3.59. The van der Waals surface area contributed by atoms with Gasteiger partial charge in [0.15, 0.2) is 6.61 Å². The summed E-state index contributed by atoms with van der Waals surface area (Å²) in [5, 5.41) is 0.948. The minimum absolute atomic E-state index is 0.154. The summed E-state index contributed by atoms with van der Waals surface area (Å²) in [5.41, 5.74) is 4.14. The lowest BCUT2D eigenvalue weighted by atomic mass is 10.2. The molecule has 0 radical (unpaired) electrons. The van der Waals surface area contributed by atoms with Gasteiger partial charge in [-0.3, -0.25) is 4.79 Å². The Morgan fingerprint density at radius 2 is 1.88 bits per heavy atom. The highest BCUT2D eigenvalue weighted by Crippen LogP contribution is 2.21. The summed E-state index contributed by atoms with van der Waals surface area (Å²) in [6, 6.07) is 12.3. The molecule has 0 aliphatic heterocycles. The van der Waals surface area contributed by atoms with Gasteiger partial charge in [0.25, 0.3) is 5.91 Å². The number of benzene rings is 2. The minimum atomic E-state index is -0.880. The van der Waals surface area contributed by atoms with Gasteiger partial charge < -0.3 is 19.6 Å². The van der Waals surface area contributed by atoms with Gasteiger partial charge in [-0.15, -0.1) is 0 Å². The molecule has 7 nitrogen and oxygen atoms in total. The van der Waals surface area contributed by atoms with Crippen LogP contribution in [0.3, 0.4) is 0 Å². The van der Waals surface area contributed by atoms with Crippen molar-refractivity contribution in [3.05, 3.63) is 69.5 Å². The number of carbonyl (C=O) groups is 2. The highest BCUT2D eigenvalue weighted by atomic mass is 35.5. The lowest BCUT2D eigenvalue weighted by Gasteiger charge is -2.07. The van der Waals surface area contributed by atoms with Crippen LogP contribution >= 0.6 is 11.6 Å². The van der Waals surface area contributed by atoms with Crippen LogP contribution in [-0.2, 0) is 4.79 Å². The van der Waals surface area contributed by atoms with E-state index in [9.17, 15) is 14.4 Å². The molecule has 0 atom stereocenters. The number of rotatable bonds is 5. The van der Waals surface area contributed by atoms with E-state index < -0.39 is 17.5 Å². The zero-order valence-corrected chi connectivity index (χ0v) is 14.0. The molecule has 3 aromatic rings. The molecule has 26 heavy (non-hydrogen) atoms. The van der Waals surface area contributed by atoms with Crippen molar-refractivity contribution in [3.63, 3.8) is 0 Å². The number of ether oxygens (including phenoxy) is 2. The Bertz CT molecular complexity index is 1060. The third kappa shape index (κ3) is 4.01.